The van der Waals surface area contributed by atoms with Crippen LogP contribution in [0.3, 0.4) is 0 Å². The summed E-state index contributed by atoms with van der Waals surface area (Å²) in [5, 5.41) is 10.5. The van der Waals surface area contributed by atoms with Gasteiger partial charge >= 0.3 is 11.5 Å². The molecule has 0 amide bonds. The van der Waals surface area contributed by atoms with Crippen LogP contribution in [0, 0.1) is 5.92 Å². The lowest BCUT2D eigenvalue weighted by atomic mass is 9.91. The van der Waals surface area contributed by atoms with E-state index < -0.39 is 37.8 Å². The number of carbonyl (C=O) groups is 1. The maximum atomic E-state index is 12.2. The third-order valence-corrected chi connectivity index (χ3v) is 7.99. The number of carbonyl (C=O) groups excluding carboxylic acids is 1. The fourth-order valence-corrected chi connectivity index (χ4v) is 5.49. The molecule has 0 aromatic rings. The highest BCUT2D eigenvalue weighted by Gasteiger charge is 2.41. The molecule has 0 radical (unpaired) electrons. The molecule has 228 valence electrons. The van der Waals surface area contributed by atoms with Crippen molar-refractivity contribution in [1.29, 1.82) is 0 Å². The lowest BCUT2D eigenvalue weighted by Crippen LogP contribution is -2.42. The quantitative estimate of drug-likeness (QED) is 0.0332. The molecule has 0 spiro atoms. The van der Waals surface area contributed by atoms with Crippen molar-refractivity contribution in [3.63, 3.8) is 0 Å². The number of hydrogen-bond acceptors (Lipinski definition) is 7. The van der Waals surface area contributed by atoms with E-state index in [0.717, 1.165) is 19.3 Å². The van der Waals surface area contributed by atoms with Crippen molar-refractivity contribution in [1.82, 2.24) is 0 Å². The van der Waals surface area contributed by atoms with Crippen LogP contribution in [0.2, 0.25) is 0 Å². The minimum atomic E-state index is -2.48. The van der Waals surface area contributed by atoms with E-state index in [9.17, 15) is 14.5 Å². The van der Waals surface area contributed by atoms with Gasteiger partial charge in [-0.15, -0.1) is 12.6 Å². The smallest absolute Gasteiger partial charge is 0.374 e. The molecule has 0 aliphatic carbocycles. The zero-order valence-corrected chi connectivity index (χ0v) is 27.3. The number of rotatable bonds is 27. The van der Waals surface area contributed by atoms with E-state index in [-0.39, 0.29) is 0 Å². The first-order chi connectivity index (χ1) is 18.2. The first-order valence-corrected chi connectivity index (χ1v) is 17.2. The Hall–Kier alpha value is -0.0700. The molecular weight excluding hydrogens is 519 g/mol. The maximum Gasteiger partial charge on any atom is 0.374 e. The maximum absolute atomic E-state index is 12.2. The van der Waals surface area contributed by atoms with Gasteiger partial charge in [0.05, 0.1) is 6.10 Å². The van der Waals surface area contributed by atoms with Gasteiger partial charge in [-0.05, 0) is 32.6 Å². The van der Waals surface area contributed by atoms with E-state index in [2.05, 4.69) is 26.5 Å². The third kappa shape index (κ3) is 19.9. The molecule has 0 heterocycles. The number of thiol groups is 1. The Kier molecular flexibility index (Phi) is 24.7. The fraction of sp³-hybridized carbons (Fsp3) is 0.967. The monoisotopic (exact) mass is 580 g/mol. The Bertz CT molecular complexity index is 579. The summed E-state index contributed by atoms with van der Waals surface area (Å²) in [6, 6.07) is 0. The van der Waals surface area contributed by atoms with Crippen molar-refractivity contribution in [3.8, 4) is 0 Å². The third-order valence-electron chi connectivity index (χ3n) is 6.97. The fourth-order valence-electron chi connectivity index (χ4n) is 4.68. The molecule has 0 bridgehead atoms. The van der Waals surface area contributed by atoms with Crippen molar-refractivity contribution >= 4 is 27.1 Å². The first-order valence-electron chi connectivity index (χ1n) is 15.6. The molecule has 0 saturated carbocycles. The van der Waals surface area contributed by atoms with Crippen LogP contribution in [0.5, 0.6) is 0 Å². The zero-order valence-electron chi connectivity index (χ0n) is 25.3. The van der Waals surface area contributed by atoms with Crippen LogP contribution < -0.4 is 0 Å². The van der Waals surface area contributed by atoms with Crippen molar-refractivity contribution < 1.29 is 28.7 Å². The molecule has 8 heteroatoms. The van der Waals surface area contributed by atoms with Gasteiger partial charge in [0, 0.05) is 0 Å². The van der Waals surface area contributed by atoms with E-state index in [1.54, 1.807) is 13.8 Å². The van der Waals surface area contributed by atoms with Gasteiger partial charge in [0.15, 0.2) is 6.29 Å². The second-order valence-electron chi connectivity index (χ2n) is 11.1. The minimum Gasteiger partial charge on any atom is -0.459 e. The van der Waals surface area contributed by atoms with Gasteiger partial charge in [-0.25, -0.2) is 4.79 Å². The summed E-state index contributed by atoms with van der Waals surface area (Å²) in [5.74, 6) is -0.526. The van der Waals surface area contributed by atoms with Crippen LogP contribution in [-0.2, 0) is 23.6 Å². The highest BCUT2D eigenvalue weighted by atomic mass is 32.1. The number of ether oxygens (including phenoxy) is 3. The van der Waals surface area contributed by atoms with Crippen LogP contribution in [0.25, 0.3) is 0 Å². The van der Waals surface area contributed by atoms with Crippen molar-refractivity contribution in [3.05, 3.63) is 0 Å². The SMILES string of the molecule is CCCCCCCCCCCCC(CCCCCCC)CC(S)OC(CC)OC(O)([PH2]=O)C(=O)OC(C)C. The van der Waals surface area contributed by atoms with Crippen LogP contribution in [0.15, 0.2) is 0 Å². The van der Waals surface area contributed by atoms with Crippen LogP contribution in [-0.4, -0.2) is 34.4 Å². The van der Waals surface area contributed by atoms with Gasteiger partial charge in [0.1, 0.15) is 13.9 Å². The molecule has 0 aromatic heterocycles. The van der Waals surface area contributed by atoms with Crippen molar-refractivity contribution in [2.45, 2.75) is 180 Å². The summed E-state index contributed by atoms with van der Waals surface area (Å²) < 4.78 is 28.2. The molecule has 0 fully saturated rings. The summed E-state index contributed by atoms with van der Waals surface area (Å²) in [4.78, 5) is 12.2. The van der Waals surface area contributed by atoms with Crippen molar-refractivity contribution in [2.75, 3.05) is 0 Å². The van der Waals surface area contributed by atoms with E-state index in [4.69, 9.17) is 14.2 Å². The van der Waals surface area contributed by atoms with Gasteiger partial charge in [-0.2, -0.15) is 0 Å². The Balaban J connectivity index is 4.69. The average Bonchev–Trinajstić information content (AvgIpc) is 2.88. The van der Waals surface area contributed by atoms with Crippen LogP contribution in [0.1, 0.15) is 157 Å². The zero-order chi connectivity index (χ0) is 28.7. The Morgan fingerprint density at radius 2 is 1.26 bits per heavy atom. The molecule has 0 aromatic carbocycles. The standard InChI is InChI=1S/C30H61O6PS/c1-6-9-11-13-14-15-16-17-19-21-23-26(22-20-18-12-10-7-2)24-28(38)35-27(8-3)36-30(32,37-33)29(31)34-25(4)5/h25-28,32,38H,6-24,37H2,1-5H3. The Morgan fingerprint density at radius 1 is 0.816 bits per heavy atom. The molecule has 38 heavy (non-hydrogen) atoms. The number of aliphatic hydroxyl groups is 1. The highest BCUT2D eigenvalue weighted by molar-refractivity contribution is 7.80. The second-order valence-corrected chi connectivity index (χ2v) is 12.7. The van der Waals surface area contributed by atoms with E-state index in [0.29, 0.717) is 12.3 Å². The summed E-state index contributed by atoms with van der Waals surface area (Å²) in [7, 11) is -1.97. The summed E-state index contributed by atoms with van der Waals surface area (Å²) >= 11 is 4.68. The minimum absolute atomic E-state index is 0.383. The average molecular weight is 581 g/mol. The lowest BCUT2D eigenvalue weighted by Gasteiger charge is -2.29. The predicted octanol–water partition coefficient (Wildman–Crippen LogP) is 9.04. The second kappa shape index (κ2) is 24.7. The molecule has 6 nitrogen and oxygen atoms in total. The van der Waals surface area contributed by atoms with E-state index in [1.165, 1.54) is 96.3 Å². The number of unbranched alkanes of at least 4 members (excludes halogenated alkanes) is 13. The van der Waals surface area contributed by atoms with Gasteiger partial charge in [0.2, 0.25) is 0 Å². The van der Waals surface area contributed by atoms with Gasteiger partial charge < -0.3 is 23.9 Å². The molecule has 0 aliphatic heterocycles. The van der Waals surface area contributed by atoms with Crippen molar-refractivity contribution in [2.24, 2.45) is 5.92 Å². The Morgan fingerprint density at radius 3 is 1.66 bits per heavy atom. The van der Waals surface area contributed by atoms with E-state index >= 15 is 0 Å². The molecule has 0 aliphatic rings. The van der Waals surface area contributed by atoms with Gasteiger partial charge in [-0.3, -0.25) is 0 Å². The summed E-state index contributed by atoms with van der Waals surface area (Å²) in [5.41, 5.74) is -2.87. The Labute approximate surface area is 241 Å². The van der Waals surface area contributed by atoms with Gasteiger partial charge in [0.25, 0.3) is 0 Å². The van der Waals surface area contributed by atoms with Crippen LogP contribution >= 0.6 is 21.1 Å². The molecular formula is C30H61O6PS. The highest BCUT2D eigenvalue weighted by Crippen LogP contribution is 2.30. The van der Waals surface area contributed by atoms with E-state index in [1.807, 2.05) is 6.92 Å². The normalized spacial score (nSPS) is 16.1. The first kappa shape index (κ1) is 37.9. The summed E-state index contributed by atoms with van der Waals surface area (Å²) in [6.45, 7) is 9.65. The molecule has 0 rings (SSSR count). The largest absolute Gasteiger partial charge is 0.459 e. The van der Waals surface area contributed by atoms with Crippen LogP contribution in [0.4, 0.5) is 0 Å². The summed E-state index contributed by atoms with van der Waals surface area (Å²) in [6.07, 6.45) is 21.8. The van der Waals surface area contributed by atoms with Gasteiger partial charge in [-0.1, -0.05) is 130 Å². The number of hydrogen-bond donors (Lipinski definition) is 2. The number of esters is 1. The topological polar surface area (TPSA) is 82.1 Å². The molecule has 5 atom stereocenters. The lowest BCUT2D eigenvalue weighted by molar-refractivity contribution is -0.260. The molecule has 0 saturated heterocycles. The molecule has 1 N–H and O–H groups in total. The molecule has 5 unspecified atom stereocenters. The predicted molar refractivity (Wildman–Crippen MR) is 164 cm³/mol.